The SMILES string of the molecule is C1=COC(C2SCCC2C2CCCCO2)C=C1. The molecule has 2 saturated heterocycles. The van der Waals surface area contributed by atoms with Gasteiger partial charge in [-0.25, -0.2) is 0 Å². The Morgan fingerprint density at radius 2 is 2.12 bits per heavy atom. The summed E-state index contributed by atoms with van der Waals surface area (Å²) in [5.74, 6) is 1.94. The van der Waals surface area contributed by atoms with Gasteiger partial charge in [0.05, 0.1) is 17.6 Å². The van der Waals surface area contributed by atoms with Crippen molar-refractivity contribution in [2.24, 2.45) is 5.92 Å². The van der Waals surface area contributed by atoms with E-state index >= 15 is 0 Å². The fourth-order valence-electron chi connectivity index (χ4n) is 3.05. The van der Waals surface area contributed by atoms with Crippen LogP contribution in [0.2, 0.25) is 0 Å². The Morgan fingerprint density at radius 1 is 1.12 bits per heavy atom. The van der Waals surface area contributed by atoms with Crippen molar-refractivity contribution in [3.05, 3.63) is 24.5 Å². The van der Waals surface area contributed by atoms with E-state index < -0.39 is 0 Å². The Morgan fingerprint density at radius 3 is 2.88 bits per heavy atom. The minimum atomic E-state index is 0.253. The van der Waals surface area contributed by atoms with E-state index in [1.54, 1.807) is 0 Å². The second-order valence-corrected chi connectivity index (χ2v) is 6.29. The molecule has 94 valence electrons. The zero-order valence-corrected chi connectivity index (χ0v) is 10.9. The van der Waals surface area contributed by atoms with E-state index in [0.29, 0.717) is 17.3 Å². The largest absolute Gasteiger partial charge is 0.493 e. The van der Waals surface area contributed by atoms with E-state index in [2.05, 4.69) is 23.9 Å². The third-order valence-corrected chi connectivity index (χ3v) is 5.40. The zero-order valence-electron chi connectivity index (χ0n) is 10.1. The van der Waals surface area contributed by atoms with Gasteiger partial charge < -0.3 is 9.47 Å². The highest BCUT2D eigenvalue weighted by atomic mass is 32.2. The molecular weight excluding hydrogens is 232 g/mol. The van der Waals surface area contributed by atoms with Gasteiger partial charge in [0.2, 0.25) is 0 Å². The first-order valence-corrected chi connectivity index (χ1v) is 7.72. The monoisotopic (exact) mass is 252 g/mol. The predicted molar refractivity (Wildman–Crippen MR) is 71.1 cm³/mol. The third kappa shape index (κ3) is 2.55. The summed E-state index contributed by atoms with van der Waals surface area (Å²) in [6, 6.07) is 0. The molecule has 0 radical (unpaired) electrons. The van der Waals surface area contributed by atoms with E-state index in [0.717, 1.165) is 6.61 Å². The molecule has 0 aliphatic carbocycles. The zero-order chi connectivity index (χ0) is 11.5. The van der Waals surface area contributed by atoms with Crippen molar-refractivity contribution >= 4 is 11.8 Å². The van der Waals surface area contributed by atoms with Gasteiger partial charge in [-0.05, 0) is 43.6 Å². The van der Waals surface area contributed by atoms with Gasteiger partial charge in [-0.15, -0.1) is 0 Å². The molecule has 2 nitrogen and oxygen atoms in total. The van der Waals surface area contributed by atoms with Gasteiger partial charge in [0.1, 0.15) is 6.10 Å². The van der Waals surface area contributed by atoms with Crippen molar-refractivity contribution in [3.8, 4) is 0 Å². The molecule has 3 aliphatic heterocycles. The summed E-state index contributed by atoms with van der Waals surface area (Å²) in [6.07, 6.45) is 13.9. The van der Waals surface area contributed by atoms with Gasteiger partial charge in [-0.3, -0.25) is 0 Å². The molecule has 3 aliphatic rings. The van der Waals surface area contributed by atoms with Crippen molar-refractivity contribution in [1.29, 1.82) is 0 Å². The van der Waals surface area contributed by atoms with Gasteiger partial charge >= 0.3 is 0 Å². The van der Waals surface area contributed by atoms with E-state index in [-0.39, 0.29) is 6.10 Å². The molecule has 0 N–H and O–H groups in total. The summed E-state index contributed by atoms with van der Waals surface area (Å²) in [5.41, 5.74) is 0. The maximum atomic E-state index is 5.97. The topological polar surface area (TPSA) is 18.5 Å². The number of ether oxygens (including phenoxy) is 2. The lowest BCUT2D eigenvalue weighted by atomic mass is 9.88. The van der Waals surface area contributed by atoms with Crippen molar-refractivity contribution in [2.75, 3.05) is 12.4 Å². The average Bonchev–Trinajstić information content (AvgIpc) is 2.90. The van der Waals surface area contributed by atoms with Crippen molar-refractivity contribution < 1.29 is 9.47 Å². The summed E-state index contributed by atoms with van der Waals surface area (Å²) in [5, 5.41) is 0.583. The minimum absolute atomic E-state index is 0.253. The molecule has 0 saturated carbocycles. The molecule has 0 aromatic rings. The first kappa shape index (κ1) is 11.7. The van der Waals surface area contributed by atoms with Crippen molar-refractivity contribution in [2.45, 2.75) is 43.1 Å². The smallest absolute Gasteiger partial charge is 0.128 e. The molecule has 3 heterocycles. The van der Waals surface area contributed by atoms with Crippen LogP contribution in [0.25, 0.3) is 0 Å². The van der Waals surface area contributed by atoms with Crippen LogP contribution < -0.4 is 0 Å². The number of hydrogen-bond acceptors (Lipinski definition) is 3. The average molecular weight is 252 g/mol. The predicted octanol–water partition coefficient (Wildman–Crippen LogP) is 3.15. The van der Waals surface area contributed by atoms with E-state index in [4.69, 9.17) is 9.47 Å². The third-order valence-electron chi connectivity index (χ3n) is 3.93. The summed E-state index contributed by atoms with van der Waals surface area (Å²) >= 11 is 2.06. The van der Waals surface area contributed by atoms with Crippen molar-refractivity contribution in [1.82, 2.24) is 0 Å². The maximum absolute atomic E-state index is 5.97. The van der Waals surface area contributed by atoms with Gasteiger partial charge in [-0.1, -0.05) is 6.08 Å². The summed E-state index contributed by atoms with van der Waals surface area (Å²) in [7, 11) is 0. The summed E-state index contributed by atoms with van der Waals surface area (Å²) in [6.45, 7) is 0.958. The fourth-order valence-corrected chi connectivity index (χ4v) is 4.64. The van der Waals surface area contributed by atoms with Crippen LogP contribution >= 0.6 is 11.8 Å². The standard InChI is InChI=1S/C14H20O2S/c1-3-8-15-12(5-1)11-7-10-17-14(11)13-6-2-4-9-16-13/h2,4,6,9,11-14H,1,3,5,7-8,10H2. The first-order valence-electron chi connectivity index (χ1n) is 6.67. The number of thioether (sulfide) groups is 1. The van der Waals surface area contributed by atoms with E-state index in [1.165, 1.54) is 31.4 Å². The normalized spacial score (nSPS) is 41.4. The molecule has 0 bridgehead atoms. The van der Waals surface area contributed by atoms with Crippen LogP contribution in [0.4, 0.5) is 0 Å². The second-order valence-electron chi connectivity index (χ2n) is 5.01. The van der Waals surface area contributed by atoms with Gasteiger partial charge in [-0.2, -0.15) is 11.8 Å². The lowest BCUT2D eigenvalue weighted by molar-refractivity contribution is -0.0277. The van der Waals surface area contributed by atoms with Gasteiger partial charge in [0.25, 0.3) is 0 Å². The van der Waals surface area contributed by atoms with Crippen LogP contribution in [-0.2, 0) is 9.47 Å². The molecule has 0 aromatic carbocycles. The van der Waals surface area contributed by atoms with Gasteiger partial charge in [0, 0.05) is 12.5 Å². The van der Waals surface area contributed by atoms with Crippen LogP contribution in [0.15, 0.2) is 24.5 Å². The van der Waals surface area contributed by atoms with Crippen LogP contribution in [0.1, 0.15) is 25.7 Å². The Labute approximate surface area is 107 Å². The molecule has 0 aromatic heterocycles. The Bertz CT molecular complexity index is 307. The molecule has 4 atom stereocenters. The molecule has 17 heavy (non-hydrogen) atoms. The fraction of sp³-hybridized carbons (Fsp3) is 0.714. The number of rotatable bonds is 2. The minimum Gasteiger partial charge on any atom is -0.493 e. The quantitative estimate of drug-likeness (QED) is 0.752. The van der Waals surface area contributed by atoms with Crippen LogP contribution in [0.5, 0.6) is 0 Å². The van der Waals surface area contributed by atoms with Crippen LogP contribution in [0, 0.1) is 5.92 Å². The Balaban J connectivity index is 1.66. The Kier molecular flexibility index (Phi) is 3.77. The van der Waals surface area contributed by atoms with Crippen LogP contribution in [0.3, 0.4) is 0 Å². The lowest BCUT2D eigenvalue weighted by Gasteiger charge is -2.34. The molecule has 2 fully saturated rings. The molecule has 0 amide bonds. The highest BCUT2D eigenvalue weighted by Gasteiger charge is 2.40. The molecule has 3 heteroatoms. The highest BCUT2D eigenvalue weighted by Crippen LogP contribution is 2.41. The highest BCUT2D eigenvalue weighted by molar-refractivity contribution is 8.00. The van der Waals surface area contributed by atoms with Gasteiger partial charge in [0.15, 0.2) is 0 Å². The second kappa shape index (κ2) is 5.49. The number of hydrogen-bond donors (Lipinski definition) is 0. The Hall–Kier alpha value is -0.410. The lowest BCUT2D eigenvalue weighted by Crippen LogP contribution is -2.37. The van der Waals surface area contributed by atoms with E-state index in [9.17, 15) is 0 Å². The summed E-state index contributed by atoms with van der Waals surface area (Å²) in [4.78, 5) is 0. The van der Waals surface area contributed by atoms with Crippen molar-refractivity contribution in [3.63, 3.8) is 0 Å². The molecule has 0 spiro atoms. The van der Waals surface area contributed by atoms with Crippen LogP contribution in [-0.4, -0.2) is 29.8 Å². The first-order chi connectivity index (χ1) is 8.45. The van der Waals surface area contributed by atoms with E-state index in [1.807, 2.05) is 12.3 Å². The molecular formula is C14H20O2S. The maximum Gasteiger partial charge on any atom is 0.128 e. The number of allylic oxidation sites excluding steroid dienone is 2. The summed E-state index contributed by atoms with van der Waals surface area (Å²) < 4.78 is 11.7. The molecule has 3 rings (SSSR count). The molecule has 4 unspecified atom stereocenters.